The molecular formula is C59H39N3. The van der Waals surface area contributed by atoms with Gasteiger partial charge in [0.2, 0.25) is 0 Å². The number of aromatic nitrogens is 3. The van der Waals surface area contributed by atoms with Gasteiger partial charge in [0.1, 0.15) is 0 Å². The van der Waals surface area contributed by atoms with Crippen LogP contribution in [0.5, 0.6) is 0 Å². The molecule has 2 heterocycles. The lowest BCUT2D eigenvalue weighted by molar-refractivity contribution is 1.18. The highest BCUT2D eigenvalue weighted by Crippen LogP contribution is 2.41. The maximum absolute atomic E-state index is 5.34. The summed E-state index contributed by atoms with van der Waals surface area (Å²) in [6.07, 6.45) is 0. The third-order valence-electron chi connectivity index (χ3n) is 11.7. The third-order valence-corrected chi connectivity index (χ3v) is 11.7. The molecule has 0 aliphatic rings. The number of rotatable bonds is 8. The van der Waals surface area contributed by atoms with Crippen LogP contribution in [0.2, 0.25) is 0 Å². The molecule has 0 N–H and O–H groups in total. The van der Waals surface area contributed by atoms with Crippen molar-refractivity contribution >= 4 is 21.7 Å². The molecule has 2 aromatic heterocycles. The minimum Gasteiger partial charge on any atom is -0.248 e. The standard InChI is InChI=1S/C59H39N3/c1-5-17-40(18-6-1)46-25-15-27-48(35-46)55-39-56(49-28-16-26-47(36-49)41-19-7-2-8-20-41)62-59(61-55)45-33-31-43(32-34-45)52-37-57-58(51-30-14-13-29-50(51)52)53(42-21-9-3-10-22-42)38-54(60-57)44-23-11-4-12-24-44/h1-39H. The van der Waals surface area contributed by atoms with Crippen LogP contribution in [0.15, 0.2) is 237 Å². The summed E-state index contributed by atoms with van der Waals surface area (Å²) in [4.78, 5) is 15.9. The summed E-state index contributed by atoms with van der Waals surface area (Å²) < 4.78 is 0. The normalized spacial score (nSPS) is 11.2. The first kappa shape index (κ1) is 36.8. The summed E-state index contributed by atoms with van der Waals surface area (Å²) in [6, 6.07) is 83.4. The molecule has 0 aliphatic carbocycles. The van der Waals surface area contributed by atoms with Gasteiger partial charge in [-0.25, -0.2) is 15.0 Å². The van der Waals surface area contributed by atoms with Crippen LogP contribution in [-0.4, -0.2) is 15.0 Å². The van der Waals surface area contributed by atoms with Gasteiger partial charge in [0.25, 0.3) is 0 Å². The number of pyridine rings is 1. The lowest BCUT2D eigenvalue weighted by Crippen LogP contribution is -1.96. The number of nitrogens with zero attached hydrogens (tertiary/aromatic N) is 3. The molecule has 11 rings (SSSR count). The van der Waals surface area contributed by atoms with Gasteiger partial charge in [-0.3, -0.25) is 0 Å². The monoisotopic (exact) mass is 789 g/mol. The molecule has 3 heteroatoms. The quantitative estimate of drug-likeness (QED) is 0.144. The maximum Gasteiger partial charge on any atom is 0.160 e. The third kappa shape index (κ3) is 7.12. The maximum atomic E-state index is 5.34. The van der Waals surface area contributed by atoms with Crippen LogP contribution < -0.4 is 0 Å². The summed E-state index contributed by atoms with van der Waals surface area (Å²) in [6.45, 7) is 0. The molecule has 9 aromatic carbocycles. The lowest BCUT2D eigenvalue weighted by atomic mass is 9.90. The molecular weight excluding hydrogens is 751 g/mol. The average Bonchev–Trinajstić information content (AvgIpc) is 3.37. The van der Waals surface area contributed by atoms with Crippen molar-refractivity contribution in [2.75, 3.05) is 0 Å². The van der Waals surface area contributed by atoms with Gasteiger partial charge in [-0.05, 0) is 85.6 Å². The molecule has 0 aliphatic heterocycles. The fourth-order valence-corrected chi connectivity index (χ4v) is 8.59. The minimum atomic E-state index is 0.671. The van der Waals surface area contributed by atoms with Crippen molar-refractivity contribution in [1.29, 1.82) is 0 Å². The first-order valence-corrected chi connectivity index (χ1v) is 21.0. The Morgan fingerprint density at radius 2 is 0.645 bits per heavy atom. The highest BCUT2D eigenvalue weighted by atomic mass is 14.9. The van der Waals surface area contributed by atoms with E-state index in [-0.39, 0.29) is 0 Å². The Bertz CT molecular complexity index is 3260. The number of hydrogen-bond acceptors (Lipinski definition) is 3. The van der Waals surface area contributed by atoms with Crippen molar-refractivity contribution < 1.29 is 0 Å². The second-order valence-corrected chi connectivity index (χ2v) is 15.6. The van der Waals surface area contributed by atoms with E-state index in [2.05, 4.69) is 218 Å². The molecule has 0 saturated heterocycles. The van der Waals surface area contributed by atoms with Crippen molar-refractivity contribution in [2.45, 2.75) is 0 Å². The van der Waals surface area contributed by atoms with Gasteiger partial charge in [-0.1, -0.05) is 206 Å². The van der Waals surface area contributed by atoms with Crippen LogP contribution in [0, 0.1) is 0 Å². The van der Waals surface area contributed by atoms with Crippen molar-refractivity contribution in [3.63, 3.8) is 0 Å². The molecule has 62 heavy (non-hydrogen) atoms. The van der Waals surface area contributed by atoms with E-state index < -0.39 is 0 Å². The number of benzene rings is 9. The Kier molecular flexibility index (Phi) is 9.53. The van der Waals surface area contributed by atoms with E-state index in [1.165, 1.54) is 33.0 Å². The van der Waals surface area contributed by atoms with E-state index >= 15 is 0 Å². The first-order valence-electron chi connectivity index (χ1n) is 21.0. The second-order valence-electron chi connectivity index (χ2n) is 15.6. The fourth-order valence-electron chi connectivity index (χ4n) is 8.59. The molecule has 0 saturated carbocycles. The van der Waals surface area contributed by atoms with Gasteiger partial charge in [0.05, 0.1) is 22.6 Å². The van der Waals surface area contributed by atoms with Crippen LogP contribution in [0.25, 0.3) is 111 Å². The number of hydrogen-bond donors (Lipinski definition) is 0. The SMILES string of the molecule is c1ccc(-c2cccc(-c3cc(-c4cccc(-c5ccccc5)c4)nc(-c4ccc(-c5cc6nc(-c7ccccc7)cc(-c7ccccc7)c6c6ccccc56)cc4)n3)c2)cc1. The zero-order chi connectivity index (χ0) is 41.2. The molecule has 290 valence electrons. The topological polar surface area (TPSA) is 38.7 Å². The largest absolute Gasteiger partial charge is 0.248 e. The van der Waals surface area contributed by atoms with Crippen LogP contribution in [-0.2, 0) is 0 Å². The smallest absolute Gasteiger partial charge is 0.160 e. The molecule has 3 nitrogen and oxygen atoms in total. The Morgan fingerprint density at radius 1 is 0.226 bits per heavy atom. The Hall–Kier alpha value is -8.27. The van der Waals surface area contributed by atoms with Gasteiger partial charge < -0.3 is 0 Å². The summed E-state index contributed by atoms with van der Waals surface area (Å²) in [7, 11) is 0. The van der Waals surface area contributed by atoms with Crippen molar-refractivity contribution in [1.82, 2.24) is 15.0 Å². The molecule has 0 spiro atoms. The highest BCUT2D eigenvalue weighted by molar-refractivity contribution is 6.18. The molecule has 0 radical (unpaired) electrons. The van der Waals surface area contributed by atoms with E-state index in [0.717, 1.165) is 72.5 Å². The Morgan fingerprint density at radius 3 is 1.21 bits per heavy atom. The van der Waals surface area contributed by atoms with Gasteiger partial charge in [0, 0.05) is 27.6 Å². The van der Waals surface area contributed by atoms with Crippen LogP contribution >= 0.6 is 0 Å². The molecule has 0 amide bonds. The Balaban J connectivity index is 1.05. The van der Waals surface area contributed by atoms with Crippen molar-refractivity contribution in [3.8, 4) is 89.7 Å². The first-order chi connectivity index (χ1) is 30.7. The highest BCUT2D eigenvalue weighted by Gasteiger charge is 2.17. The predicted octanol–water partition coefficient (Wildman–Crippen LogP) is 15.5. The molecule has 0 bridgehead atoms. The van der Waals surface area contributed by atoms with E-state index in [9.17, 15) is 0 Å². The predicted molar refractivity (Wildman–Crippen MR) is 258 cm³/mol. The van der Waals surface area contributed by atoms with E-state index in [0.29, 0.717) is 5.82 Å². The minimum absolute atomic E-state index is 0.671. The summed E-state index contributed by atoms with van der Waals surface area (Å²) in [5.41, 5.74) is 16.9. The van der Waals surface area contributed by atoms with Crippen molar-refractivity contribution in [3.05, 3.63) is 237 Å². The van der Waals surface area contributed by atoms with Crippen LogP contribution in [0.1, 0.15) is 0 Å². The zero-order valence-corrected chi connectivity index (χ0v) is 33.9. The van der Waals surface area contributed by atoms with Crippen molar-refractivity contribution in [2.24, 2.45) is 0 Å². The molecule has 0 unspecified atom stereocenters. The molecule has 11 aromatic rings. The van der Waals surface area contributed by atoms with Gasteiger partial charge in [0.15, 0.2) is 5.82 Å². The van der Waals surface area contributed by atoms with Crippen LogP contribution in [0.3, 0.4) is 0 Å². The van der Waals surface area contributed by atoms with Gasteiger partial charge in [-0.2, -0.15) is 0 Å². The molecule has 0 fully saturated rings. The summed E-state index contributed by atoms with van der Waals surface area (Å²) in [5, 5.41) is 3.50. The van der Waals surface area contributed by atoms with Gasteiger partial charge in [-0.15, -0.1) is 0 Å². The van der Waals surface area contributed by atoms with Gasteiger partial charge >= 0.3 is 0 Å². The lowest BCUT2D eigenvalue weighted by Gasteiger charge is -2.16. The average molecular weight is 790 g/mol. The summed E-state index contributed by atoms with van der Waals surface area (Å²) >= 11 is 0. The second kappa shape index (κ2) is 16.1. The molecule has 0 atom stereocenters. The zero-order valence-electron chi connectivity index (χ0n) is 33.9. The van der Waals surface area contributed by atoms with E-state index in [4.69, 9.17) is 15.0 Å². The summed E-state index contributed by atoms with van der Waals surface area (Å²) in [5.74, 6) is 0.671. The van der Waals surface area contributed by atoms with E-state index in [1.54, 1.807) is 0 Å². The van der Waals surface area contributed by atoms with E-state index in [1.807, 2.05) is 18.2 Å². The number of fused-ring (bicyclic) bond motifs is 3. The fraction of sp³-hybridized carbons (Fsp3) is 0. The Labute approximate surface area is 361 Å². The van der Waals surface area contributed by atoms with Crippen LogP contribution in [0.4, 0.5) is 0 Å².